The summed E-state index contributed by atoms with van der Waals surface area (Å²) >= 11 is 0. The summed E-state index contributed by atoms with van der Waals surface area (Å²) < 4.78 is 4.93. The third-order valence-corrected chi connectivity index (χ3v) is 3.91. The molecule has 1 aromatic heterocycles. The van der Waals surface area contributed by atoms with Crippen LogP contribution in [0.4, 0.5) is 5.82 Å². The van der Waals surface area contributed by atoms with Crippen LogP contribution in [0.15, 0.2) is 6.20 Å². The molecule has 3 fully saturated rings. The molecule has 3 saturated heterocycles. The minimum Gasteiger partial charge on any atom is -0.462 e. The molecule has 7 heteroatoms. The van der Waals surface area contributed by atoms with E-state index in [1.807, 2.05) is 0 Å². The number of esters is 1. The summed E-state index contributed by atoms with van der Waals surface area (Å²) in [5.74, 6) is 0.428. The SMILES string of the molecule is CCOC(=O)c1cnc(C2CN3CCN2CC3)nc1N. The van der Waals surface area contributed by atoms with Crippen LogP contribution in [0, 0.1) is 0 Å². The van der Waals surface area contributed by atoms with Crippen LogP contribution in [0.25, 0.3) is 0 Å². The zero-order valence-corrected chi connectivity index (χ0v) is 11.6. The number of aromatic nitrogens is 2. The number of rotatable bonds is 3. The quantitative estimate of drug-likeness (QED) is 0.773. The standard InChI is InChI=1S/C13H19N5O2/c1-2-20-13(19)9-7-15-12(16-11(9)14)10-8-17-3-5-18(10)6-4-17/h7,10H,2-6,8H2,1H3,(H2,14,15,16). The Balaban J connectivity index is 1.82. The number of nitrogen functional groups attached to an aromatic ring is 1. The van der Waals surface area contributed by atoms with Crippen molar-refractivity contribution in [2.45, 2.75) is 13.0 Å². The number of carbonyl (C=O) groups is 1. The van der Waals surface area contributed by atoms with E-state index in [0.717, 1.165) is 32.7 Å². The number of carbonyl (C=O) groups excluding carboxylic acids is 1. The average Bonchev–Trinajstić information content (AvgIpc) is 2.48. The molecule has 4 heterocycles. The smallest absolute Gasteiger partial charge is 0.343 e. The maximum absolute atomic E-state index is 11.7. The highest BCUT2D eigenvalue weighted by Crippen LogP contribution is 2.27. The molecule has 0 spiro atoms. The first kappa shape index (κ1) is 13.3. The van der Waals surface area contributed by atoms with E-state index in [4.69, 9.17) is 10.5 Å². The van der Waals surface area contributed by atoms with Gasteiger partial charge in [0, 0.05) is 38.9 Å². The minimum absolute atomic E-state index is 0.177. The zero-order chi connectivity index (χ0) is 14.1. The van der Waals surface area contributed by atoms with Gasteiger partial charge in [0.05, 0.1) is 12.6 Å². The summed E-state index contributed by atoms with van der Waals surface area (Å²) in [7, 11) is 0. The van der Waals surface area contributed by atoms with E-state index in [1.165, 1.54) is 6.20 Å². The van der Waals surface area contributed by atoms with Crippen molar-refractivity contribution < 1.29 is 9.53 Å². The van der Waals surface area contributed by atoms with Crippen LogP contribution in [0.2, 0.25) is 0 Å². The first-order valence-electron chi connectivity index (χ1n) is 6.95. The van der Waals surface area contributed by atoms with Crippen molar-refractivity contribution in [3.8, 4) is 0 Å². The van der Waals surface area contributed by atoms with E-state index >= 15 is 0 Å². The van der Waals surface area contributed by atoms with Crippen LogP contribution in [-0.2, 0) is 4.74 Å². The molecule has 0 saturated carbocycles. The van der Waals surface area contributed by atoms with Crippen LogP contribution in [0.3, 0.4) is 0 Å². The lowest BCUT2D eigenvalue weighted by Crippen LogP contribution is -2.57. The molecule has 0 amide bonds. The Morgan fingerprint density at radius 3 is 2.75 bits per heavy atom. The highest BCUT2D eigenvalue weighted by molar-refractivity contribution is 5.93. The van der Waals surface area contributed by atoms with Gasteiger partial charge in [0.15, 0.2) is 0 Å². The Bertz CT molecular complexity index is 513. The van der Waals surface area contributed by atoms with Crippen LogP contribution < -0.4 is 5.73 Å². The van der Waals surface area contributed by atoms with Crippen molar-refractivity contribution in [2.75, 3.05) is 45.1 Å². The van der Waals surface area contributed by atoms with Gasteiger partial charge in [-0.3, -0.25) is 9.80 Å². The highest BCUT2D eigenvalue weighted by atomic mass is 16.5. The maximum Gasteiger partial charge on any atom is 0.343 e. The van der Waals surface area contributed by atoms with Crippen LogP contribution in [0.5, 0.6) is 0 Å². The molecular formula is C13H19N5O2. The molecule has 3 aliphatic rings. The first-order valence-corrected chi connectivity index (χ1v) is 6.95. The number of fused-ring (bicyclic) bond motifs is 3. The lowest BCUT2D eigenvalue weighted by Gasteiger charge is -2.46. The summed E-state index contributed by atoms with van der Waals surface area (Å²) in [6.45, 7) is 7.27. The molecule has 1 aromatic rings. The summed E-state index contributed by atoms with van der Waals surface area (Å²) in [5.41, 5.74) is 6.12. The van der Waals surface area contributed by atoms with Gasteiger partial charge in [0.25, 0.3) is 0 Å². The first-order chi connectivity index (χ1) is 9.69. The zero-order valence-electron chi connectivity index (χ0n) is 11.6. The molecule has 2 bridgehead atoms. The van der Waals surface area contributed by atoms with Crippen molar-refractivity contribution in [3.05, 3.63) is 17.6 Å². The number of ether oxygens (including phenoxy) is 1. The van der Waals surface area contributed by atoms with Gasteiger partial charge in [-0.2, -0.15) is 0 Å². The summed E-state index contributed by atoms with van der Waals surface area (Å²) in [6, 6.07) is 0.177. The molecule has 4 rings (SSSR count). The van der Waals surface area contributed by atoms with Gasteiger partial charge in [-0.1, -0.05) is 0 Å². The molecule has 7 nitrogen and oxygen atoms in total. The Morgan fingerprint density at radius 2 is 2.20 bits per heavy atom. The van der Waals surface area contributed by atoms with E-state index in [1.54, 1.807) is 6.92 Å². The molecule has 108 valence electrons. The van der Waals surface area contributed by atoms with Crippen molar-refractivity contribution in [3.63, 3.8) is 0 Å². The fourth-order valence-electron chi connectivity index (χ4n) is 2.80. The van der Waals surface area contributed by atoms with E-state index in [-0.39, 0.29) is 17.4 Å². The second-order valence-corrected chi connectivity index (χ2v) is 5.10. The number of piperazine rings is 3. The molecule has 1 unspecified atom stereocenters. The number of hydrogen-bond acceptors (Lipinski definition) is 7. The number of anilines is 1. The largest absolute Gasteiger partial charge is 0.462 e. The van der Waals surface area contributed by atoms with E-state index in [2.05, 4.69) is 19.8 Å². The van der Waals surface area contributed by atoms with Gasteiger partial charge in [0.1, 0.15) is 17.2 Å². The minimum atomic E-state index is -0.467. The molecule has 0 aliphatic carbocycles. The Labute approximate surface area is 117 Å². The molecular weight excluding hydrogens is 258 g/mol. The van der Waals surface area contributed by atoms with Crippen molar-refractivity contribution in [1.29, 1.82) is 0 Å². The van der Waals surface area contributed by atoms with Gasteiger partial charge in [-0.15, -0.1) is 0 Å². The predicted molar refractivity (Wildman–Crippen MR) is 73.2 cm³/mol. The summed E-state index contributed by atoms with van der Waals surface area (Å²) in [6.07, 6.45) is 1.48. The third kappa shape index (κ3) is 2.34. The number of nitrogens with two attached hydrogens (primary N) is 1. The van der Waals surface area contributed by atoms with E-state index in [9.17, 15) is 4.79 Å². The van der Waals surface area contributed by atoms with Gasteiger partial charge in [0.2, 0.25) is 0 Å². The van der Waals surface area contributed by atoms with Gasteiger partial charge in [-0.05, 0) is 6.92 Å². The molecule has 3 aliphatic heterocycles. The van der Waals surface area contributed by atoms with E-state index < -0.39 is 5.97 Å². The average molecular weight is 277 g/mol. The fourth-order valence-corrected chi connectivity index (χ4v) is 2.80. The molecule has 20 heavy (non-hydrogen) atoms. The maximum atomic E-state index is 11.7. The molecule has 2 N–H and O–H groups in total. The fraction of sp³-hybridized carbons (Fsp3) is 0.615. The van der Waals surface area contributed by atoms with Crippen LogP contribution in [-0.4, -0.2) is 65.1 Å². The lowest BCUT2D eigenvalue weighted by atomic mass is 10.1. The van der Waals surface area contributed by atoms with Crippen molar-refractivity contribution >= 4 is 11.8 Å². The third-order valence-electron chi connectivity index (χ3n) is 3.91. The van der Waals surface area contributed by atoms with Gasteiger partial charge in [-0.25, -0.2) is 14.8 Å². The molecule has 0 radical (unpaired) electrons. The number of nitrogens with zero attached hydrogens (tertiary/aromatic N) is 4. The highest BCUT2D eigenvalue weighted by Gasteiger charge is 2.34. The monoisotopic (exact) mass is 277 g/mol. The summed E-state index contributed by atoms with van der Waals surface area (Å²) in [5, 5.41) is 0. The second kappa shape index (κ2) is 5.34. The Hall–Kier alpha value is -1.73. The Morgan fingerprint density at radius 1 is 1.45 bits per heavy atom. The predicted octanol–water partition coefficient (Wildman–Crippen LogP) is -0.0922. The van der Waals surface area contributed by atoms with Gasteiger partial charge >= 0.3 is 5.97 Å². The van der Waals surface area contributed by atoms with E-state index in [0.29, 0.717) is 12.4 Å². The second-order valence-electron chi connectivity index (χ2n) is 5.10. The van der Waals surface area contributed by atoms with Crippen LogP contribution in [0.1, 0.15) is 29.1 Å². The van der Waals surface area contributed by atoms with Crippen molar-refractivity contribution in [1.82, 2.24) is 19.8 Å². The molecule has 1 atom stereocenters. The molecule has 0 aromatic carbocycles. The summed E-state index contributed by atoms with van der Waals surface area (Å²) in [4.78, 5) is 25.1. The van der Waals surface area contributed by atoms with Crippen molar-refractivity contribution in [2.24, 2.45) is 0 Å². The normalized spacial score (nSPS) is 28.4. The Kier molecular flexibility index (Phi) is 3.54. The number of hydrogen-bond donors (Lipinski definition) is 1. The van der Waals surface area contributed by atoms with Gasteiger partial charge < -0.3 is 10.5 Å². The topological polar surface area (TPSA) is 84.6 Å². The van der Waals surface area contributed by atoms with Crippen LogP contribution >= 0.6 is 0 Å². The lowest BCUT2D eigenvalue weighted by molar-refractivity contribution is 0.00866.